The summed E-state index contributed by atoms with van der Waals surface area (Å²) in [5.41, 5.74) is 15.5. The Kier molecular flexibility index (Phi) is 12.1. The summed E-state index contributed by atoms with van der Waals surface area (Å²) >= 11 is -3.91. The van der Waals surface area contributed by atoms with Gasteiger partial charge in [0.15, 0.2) is 0 Å². The molecule has 4 aliphatic carbocycles. The van der Waals surface area contributed by atoms with E-state index >= 15 is 0 Å². The van der Waals surface area contributed by atoms with Crippen LogP contribution in [0.3, 0.4) is 0 Å². The molecule has 0 saturated heterocycles. The molecule has 0 heterocycles. The van der Waals surface area contributed by atoms with Gasteiger partial charge in [0.25, 0.3) is 0 Å². The molecule has 0 aromatic heterocycles. The van der Waals surface area contributed by atoms with Crippen molar-refractivity contribution in [1.29, 1.82) is 0 Å². The monoisotopic (exact) mass is 896 g/mol. The van der Waals surface area contributed by atoms with E-state index in [1.807, 2.05) is 0 Å². The van der Waals surface area contributed by atoms with E-state index < -0.39 is 17.4 Å². The van der Waals surface area contributed by atoms with Crippen molar-refractivity contribution in [1.82, 2.24) is 0 Å². The van der Waals surface area contributed by atoms with Gasteiger partial charge in [-0.25, -0.2) is 0 Å². The van der Waals surface area contributed by atoms with Crippen molar-refractivity contribution in [2.75, 3.05) is 0 Å². The predicted octanol–water partition coefficient (Wildman–Crippen LogP) is 16.0. The third kappa shape index (κ3) is 7.42. The Morgan fingerprint density at radius 2 is 0.810 bits per heavy atom. The second-order valence-electron chi connectivity index (χ2n) is 19.3. The van der Waals surface area contributed by atoms with Crippen LogP contribution in [0.4, 0.5) is 0 Å². The van der Waals surface area contributed by atoms with Gasteiger partial charge in [-0.3, -0.25) is 0 Å². The van der Waals surface area contributed by atoms with E-state index in [9.17, 15) is 0 Å². The molecule has 2 fully saturated rings. The van der Waals surface area contributed by atoms with E-state index in [1.165, 1.54) is 132 Å². The summed E-state index contributed by atoms with van der Waals surface area (Å²) in [5.74, 6) is 1.63. The quantitative estimate of drug-likeness (QED) is 0.134. The number of allylic oxidation sites excluding steroid dienone is 2. The van der Waals surface area contributed by atoms with Gasteiger partial charge in [-0.1, -0.05) is 0 Å². The van der Waals surface area contributed by atoms with Crippen LogP contribution in [-0.2, 0) is 17.4 Å². The average Bonchev–Trinajstić information content (AvgIpc) is 3.80. The van der Waals surface area contributed by atoms with Crippen molar-refractivity contribution in [3.63, 3.8) is 0 Å². The SMILES string of the molecule is Cl.Cl.[CH3][Zr]([CH3])(=[SiH2])([CH]1C(CC2CCCCC2)=Cc2c(-c3cccc4ccccc34)cccc21)[CH]1C(CC2CCCCC2)=Cc2c(-c3cccc4ccccc34)cccc21. The summed E-state index contributed by atoms with van der Waals surface area (Å²) in [4.78, 5) is 0. The maximum absolute atomic E-state index is 3.91. The van der Waals surface area contributed by atoms with Gasteiger partial charge in [-0.2, -0.15) is 0 Å². The second kappa shape index (κ2) is 16.8. The molecule has 0 bridgehead atoms. The molecule has 6 aromatic carbocycles. The normalized spacial score (nSPS) is 19.8. The Balaban J connectivity index is 0.00000235. The molecule has 2 unspecified atom stereocenters. The van der Waals surface area contributed by atoms with Crippen molar-refractivity contribution in [2.24, 2.45) is 11.8 Å². The van der Waals surface area contributed by atoms with Gasteiger partial charge in [0.05, 0.1) is 0 Å². The van der Waals surface area contributed by atoms with Crippen LogP contribution in [0.2, 0.25) is 9.26 Å². The zero-order chi connectivity index (χ0) is 37.9. The van der Waals surface area contributed by atoms with Gasteiger partial charge in [0, 0.05) is 0 Å². The van der Waals surface area contributed by atoms with Crippen LogP contribution in [-0.4, -0.2) is 6.88 Å². The van der Waals surface area contributed by atoms with E-state index in [0.717, 1.165) is 11.8 Å². The van der Waals surface area contributed by atoms with Crippen molar-refractivity contribution < 1.29 is 17.4 Å². The summed E-state index contributed by atoms with van der Waals surface area (Å²) in [5, 5.41) is 5.40. The Hall–Kier alpha value is -3.00. The fourth-order valence-electron chi connectivity index (χ4n) is 12.5. The van der Waals surface area contributed by atoms with E-state index in [0.29, 0.717) is 7.25 Å². The molecule has 0 amide bonds. The molecule has 0 aliphatic heterocycles. The average molecular weight is 899 g/mol. The molecule has 4 heteroatoms. The summed E-state index contributed by atoms with van der Waals surface area (Å²) in [7, 11) is 0. The molecule has 0 nitrogen and oxygen atoms in total. The Morgan fingerprint density at radius 3 is 1.24 bits per heavy atom. The summed E-state index contributed by atoms with van der Waals surface area (Å²) < 4.78 is 6.87. The van der Waals surface area contributed by atoms with Gasteiger partial charge in [0.1, 0.15) is 0 Å². The molecule has 0 radical (unpaired) electrons. The molecule has 0 spiro atoms. The topological polar surface area (TPSA) is 0 Å². The van der Waals surface area contributed by atoms with Gasteiger partial charge in [-0.05, 0) is 0 Å². The molecule has 0 N–H and O–H groups in total. The molecular formula is C54H60Cl2SiZr. The Labute approximate surface area is 362 Å². The van der Waals surface area contributed by atoms with Crippen LogP contribution < -0.4 is 0 Å². The Bertz CT molecular complexity index is 2430. The molecular weight excluding hydrogens is 839 g/mol. The molecule has 298 valence electrons. The van der Waals surface area contributed by atoms with Crippen LogP contribution >= 0.6 is 24.8 Å². The number of hydrogen-bond acceptors (Lipinski definition) is 0. The van der Waals surface area contributed by atoms with Gasteiger partial charge < -0.3 is 0 Å². The first-order valence-electron chi connectivity index (χ1n) is 22.0. The van der Waals surface area contributed by atoms with Crippen molar-refractivity contribution in [2.45, 2.75) is 93.6 Å². The molecule has 6 aromatic rings. The third-order valence-corrected chi connectivity index (χ3v) is 32.4. The van der Waals surface area contributed by atoms with E-state index in [1.54, 1.807) is 22.3 Å². The van der Waals surface area contributed by atoms with Crippen LogP contribution in [0.15, 0.2) is 132 Å². The predicted molar refractivity (Wildman–Crippen MR) is 257 cm³/mol. The second-order valence-corrected chi connectivity index (χ2v) is 49.8. The van der Waals surface area contributed by atoms with Gasteiger partial charge in [-0.15, -0.1) is 24.8 Å². The zero-order valence-electron chi connectivity index (χ0n) is 34.5. The van der Waals surface area contributed by atoms with Crippen molar-refractivity contribution >= 4 is 65.4 Å². The molecule has 10 rings (SSSR count). The number of benzene rings is 6. The maximum atomic E-state index is 2.90. The minimum absolute atomic E-state index is 0. The van der Waals surface area contributed by atoms with Crippen LogP contribution in [0.5, 0.6) is 0 Å². The van der Waals surface area contributed by atoms with Crippen LogP contribution in [0, 0.1) is 11.8 Å². The fraction of sp³-hybridized carbons (Fsp3) is 0.333. The number of rotatable bonds is 8. The zero-order valence-corrected chi connectivity index (χ0v) is 40.0. The van der Waals surface area contributed by atoms with E-state index in [-0.39, 0.29) is 24.8 Å². The number of halogens is 2. The first-order valence-corrected chi connectivity index (χ1v) is 35.7. The number of hydrogen-bond donors (Lipinski definition) is 0. The van der Waals surface area contributed by atoms with Gasteiger partial charge >= 0.3 is 340 Å². The van der Waals surface area contributed by atoms with E-state index in [2.05, 4.69) is 150 Å². The Morgan fingerprint density at radius 1 is 0.448 bits per heavy atom. The summed E-state index contributed by atoms with van der Waals surface area (Å²) in [6.45, 7) is 2.57. The first kappa shape index (κ1) is 41.7. The summed E-state index contributed by atoms with van der Waals surface area (Å²) in [6, 6.07) is 46.7. The van der Waals surface area contributed by atoms with Crippen LogP contribution in [0.1, 0.15) is 107 Å². The molecule has 2 saturated carbocycles. The van der Waals surface area contributed by atoms with E-state index in [4.69, 9.17) is 0 Å². The fourth-order valence-corrected chi connectivity index (χ4v) is 32.3. The summed E-state index contributed by atoms with van der Waals surface area (Å²) in [6.07, 6.45) is 22.1. The van der Waals surface area contributed by atoms with Crippen molar-refractivity contribution in [3.05, 3.63) is 155 Å². The van der Waals surface area contributed by atoms with Crippen molar-refractivity contribution in [3.8, 4) is 22.3 Å². The minimum atomic E-state index is -3.91. The molecule has 58 heavy (non-hydrogen) atoms. The molecule has 2 atom stereocenters. The molecule has 4 aliphatic rings. The first-order chi connectivity index (χ1) is 27.3. The standard InChI is InChI=1S/2C26H25.2CH3.2ClH.H2Si.Zr/c2*1-2-8-19(9-3-1)16-20-17-22-12-7-15-25(26(22)18-20)24-14-6-11-21-10-4-5-13-23(21)24;;;;;;/h2*4-7,10-15,17-19H,1-3,8-9,16H2;2*1H3;2*1H;1H2;. The number of fused-ring (bicyclic) bond motifs is 4. The van der Waals surface area contributed by atoms with Crippen LogP contribution in [0.25, 0.3) is 56.0 Å². The third-order valence-electron chi connectivity index (χ3n) is 14.9. The van der Waals surface area contributed by atoms with Gasteiger partial charge in [0.2, 0.25) is 0 Å².